The molecule has 0 atom stereocenters. The van der Waals surface area contributed by atoms with Gasteiger partial charge in [0.2, 0.25) is 0 Å². The van der Waals surface area contributed by atoms with Gasteiger partial charge in [-0.15, -0.1) is 11.3 Å². The monoisotopic (exact) mass is 367 g/mol. The third-order valence-electron chi connectivity index (χ3n) is 3.40. The van der Waals surface area contributed by atoms with Gasteiger partial charge in [-0.2, -0.15) is 0 Å². The van der Waals surface area contributed by atoms with Crippen LogP contribution in [0.2, 0.25) is 0 Å². The zero-order valence-corrected chi connectivity index (χ0v) is 14.4. The minimum Gasteiger partial charge on any atom is -0.486 e. The van der Waals surface area contributed by atoms with Gasteiger partial charge in [0.25, 0.3) is 0 Å². The normalized spacial score (nSPS) is 13.4. The van der Waals surface area contributed by atoms with E-state index in [2.05, 4.69) is 46.4 Å². The van der Waals surface area contributed by atoms with Crippen LogP contribution in [0.1, 0.15) is 15.3 Å². The number of hydrogen-bond acceptors (Lipinski definition) is 4. The number of halogens is 1. The Hall–Kier alpha value is -1.04. The second-order valence-electron chi connectivity index (χ2n) is 5.02. The van der Waals surface area contributed by atoms with Crippen LogP contribution in [-0.2, 0) is 13.0 Å². The van der Waals surface area contributed by atoms with Crippen molar-refractivity contribution < 1.29 is 9.47 Å². The smallest absolute Gasteiger partial charge is 0.161 e. The van der Waals surface area contributed by atoms with E-state index < -0.39 is 0 Å². The predicted octanol–water partition coefficient (Wildman–Crippen LogP) is 3.92. The molecular weight excluding hydrogens is 350 g/mol. The molecule has 0 aliphatic carbocycles. The minimum absolute atomic E-state index is 0.640. The molecule has 3 rings (SSSR count). The fourth-order valence-electron chi connectivity index (χ4n) is 2.29. The van der Waals surface area contributed by atoms with Crippen molar-refractivity contribution in [2.75, 3.05) is 19.8 Å². The highest BCUT2D eigenvalue weighted by Gasteiger charge is 2.11. The van der Waals surface area contributed by atoms with E-state index in [1.54, 1.807) is 0 Å². The summed E-state index contributed by atoms with van der Waals surface area (Å²) in [5.41, 5.74) is 1.27. The highest BCUT2D eigenvalue weighted by Crippen LogP contribution is 2.30. The van der Waals surface area contributed by atoms with Crippen molar-refractivity contribution in [3.05, 3.63) is 44.1 Å². The zero-order valence-electron chi connectivity index (χ0n) is 11.9. The Bertz CT molecular complexity index is 607. The number of hydrogen-bond donors (Lipinski definition) is 1. The first kappa shape index (κ1) is 14.9. The molecule has 1 aliphatic heterocycles. The number of aryl methyl sites for hydroxylation is 1. The quantitative estimate of drug-likeness (QED) is 0.812. The molecule has 1 N–H and O–H groups in total. The van der Waals surface area contributed by atoms with Gasteiger partial charge in [-0.25, -0.2) is 0 Å². The van der Waals surface area contributed by atoms with Gasteiger partial charge in [-0.05, 0) is 59.6 Å². The van der Waals surface area contributed by atoms with Gasteiger partial charge in [-0.1, -0.05) is 6.07 Å². The zero-order chi connectivity index (χ0) is 14.7. The molecule has 3 nitrogen and oxygen atoms in total. The minimum atomic E-state index is 0.640. The summed E-state index contributed by atoms with van der Waals surface area (Å²) < 4.78 is 12.3. The van der Waals surface area contributed by atoms with Crippen LogP contribution >= 0.6 is 27.3 Å². The Balaban J connectivity index is 1.49. The molecule has 112 valence electrons. The number of benzene rings is 1. The molecule has 0 bridgehead atoms. The molecule has 1 aromatic heterocycles. The summed E-state index contributed by atoms with van der Waals surface area (Å²) in [4.78, 5) is 2.69. The van der Waals surface area contributed by atoms with Gasteiger partial charge < -0.3 is 14.8 Å². The van der Waals surface area contributed by atoms with E-state index in [0.29, 0.717) is 13.2 Å². The molecule has 5 heteroatoms. The van der Waals surface area contributed by atoms with Crippen LogP contribution in [0, 0.1) is 6.92 Å². The maximum atomic E-state index is 5.61. The van der Waals surface area contributed by atoms with Crippen LogP contribution in [-0.4, -0.2) is 19.8 Å². The lowest BCUT2D eigenvalue weighted by molar-refractivity contribution is 0.171. The predicted molar refractivity (Wildman–Crippen MR) is 89.6 cm³/mol. The summed E-state index contributed by atoms with van der Waals surface area (Å²) in [5.74, 6) is 1.73. The molecule has 1 aliphatic rings. The van der Waals surface area contributed by atoms with E-state index in [1.807, 2.05) is 17.4 Å². The van der Waals surface area contributed by atoms with Crippen molar-refractivity contribution in [2.45, 2.75) is 19.9 Å². The first-order valence-corrected chi connectivity index (χ1v) is 8.67. The highest BCUT2D eigenvalue weighted by atomic mass is 79.9. The largest absolute Gasteiger partial charge is 0.486 e. The number of ether oxygens (including phenoxy) is 2. The Morgan fingerprint density at radius 1 is 1.19 bits per heavy atom. The Morgan fingerprint density at radius 2 is 2.00 bits per heavy atom. The van der Waals surface area contributed by atoms with Crippen LogP contribution in [0.15, 0.2) is 28.7 Å². The molecule has 0 amide bonds. The SMILES string of the molecule is Cc1sc(CNCCc2ccc3c(c2)OCCO3)cc1Br. The van der Waals surface area contributed by atoms with E-state index in [9.17, 15) is 0 Å². The summed E-state index contributed by atoms with van der Waals surface area (Å²) in [5, 5.41) is 3.49. The lowest BCUT2D eigenvalue weighted by atomic mass is 10.1. The first-order valence-electron chi connectivity index (χ1n) is 7.06. The number of fused-ring (bicyclic) bond motifs is 1. The van der Waals surface area contributed by atoms with Crippen LogP contribution in [0.3, 0.4) is 0 Å². The molecule has 2 heterocycles. The van der Waals surface area contributed by atoms with Crippen LogP contribution in [0.25, 0.3) is 0 Å². The van der Waals surface area contributed by atoms with Gasteiger partial charge in [0.1, 0.15) is 13.2 Å². The fourth-order valence-corrected chi connectivity index (χ4v) is 3.86. The third-order valence-corrected chi connectivity index (χ3v) is 5.54. The average Bonchev–Trinajstić information content (AvgIpc) is 2.82. The summed E-state index contributed by atoms with van der Waals surface area (Å²) in [6.45, 7) is 5.29. The van der Waals surface area contributed by atoms with Crippen LogP contribution in [0.4, 0.5) is 0 Å². The average molecular weight is 368 g/mol. The maximum absolute atomic E-state index is 5.61. The van der Waals surface area contributed by atoms with Gasteiger partial charge in [0, 0.05) is 20.8 Å². The summed E-state index contributed by atoms with van der Waals surface area (Å²) in [7, 11) is 0. The van der Waals surface area contributed by atoms with E-state index in [4.69, 9.17) is 9.47 Å². The molecule has 0 radical (unpaired) electrons. The van der Waals surface area contributed by atoms with Gasteiger partial charge >= 0.3 is 0 Å². The molecule has 1 aromatic carbocycles. The molecule has 2 aromatic rings. The Morgan fingerprint density at radius 3 is 2.76 bits per heavy atom. The fraction of sp³-hybridized carbons (Fsp3) is 0.375. The van der Waals surface area contributed by atoms with Crippen molar-refractivity contribution in [1.29, 1.82) is 0 Å². The van der Waals surface area contributed by atoms with E-state index in [-0.39, 0.29) is 0 Å². The lowest BCUT2D eigenvalue weighted by Gasteiger charge is -2.18. The van der Waals surface area contributed by atoms with Crippen molar-refractivity contribution in [3.8, 4) is 11.5 Å². The van der Waals surface area contributed by atoms with E-state index >= 15 is 0 Å². The third kappa shape index (κ3) is 3.78. The lowest BCUT2D eigenvalue weighted by Crippen LogP contribution is -2.17. The summed E-state index contributed by atoms with van der Waals surface area (Å²) in [6.07, 6.45) is 0.988. The molecular formula is C16H18BrNO2S. The topological polar surface area (TPSA) is 30.5 Å². The first-order chi connectivity index (χ1) is 10.2. The number of nitrogens with one attached hydrogen (secondary N) is 1. The van der Waals surface area contributed by atoms with Crippen molar-refractivity contribution >= 4 is 27.3 Å². The Kier molecular flexibility index (Phi) is 4.83. The highest BCUT2D eigenvalue weighted by molar-refractivity contribution is 9.10. The van der Waals surface area contributed by atoms with Gasteiger partial charge in [-0.3, -0.25) is 0 Å². The molecule has 0 saturated carbocycles. The van der Waals surface area contributed by atoms with Gasteiger partial charge in [0.05, 0.1) is 0 Å². The van der Waals surface area contributed by atoms with Gasteiger partial charge in [0.15, 0.2) is 11.5 Å². The van der Waals surface area contributed by atoms with Crippen LogP contribution < -0.4 is 14.8 Å². The molecule has 0 saturated heterocycles. The maximum Gasteiger partial charge on any atom is 0.161 e. The number of thiophene rings is 1. The van der Waals surface area contributed by atoms with Crippen molar-refractivity contribution in [3.63, 3.8) is 0 Å². The Labute approximate surface area is 137 Å². The second-order valence-corrected chi connectivity index (χ2v) is 7.22. The molecule has 0 unspecified atom stereocenters. The molecule has 21 heavy (non-hydrogen) atoms. The molecule has 0 fully saturated rings. The number of rotatable bonds is 5. The van der Waals surface area contributed by atoms with E-state index in [0.717, 1.165) is 31.0 Å². The molecule has 0 spiro atoms. The summed E-state index contributed by atoms with van der Waals surface area (Å²) in [6, 6.07) is 8.39. The standard InChI is InChI=1S/C16H18BrNO2S/c1-11-14(17)9-13(21-11)10-18-5-4-12-2-3-15-16(8-12)20-7-6-19-15/h2-3,8-9,18H,4-7,10H2,1H3. The van der Waals surface area contributed by atoms with Crippen molar-refractivity contribution in [1.82, 2.24) is 5.32 Å². The van der Waals surface area contributed by atoms with Crippen molar-refractivity contribution in [2.24, 2.45) is 0 Å². The van der Waals surface area contributed by atoms with Crippen LogP contribution in [0.5, 0.6) is 11.5 Å². The second kappa shape index (κ2) is 6.81. The summed E-state index contributed by atoms with van der Waals surface area (Å²) >= 11 is 5.39. The van der Waals surface area contributed by atoms with E-state index in [1.165, 1.54) is 19.8 Å².